The van der Waals surface area contributed by atoms with Crippen molar-refractivity contribution in [2.75, 3.05) is 19.8 Å². The highest BCUT2D eigenvalue weighted by atomic mass is 16.5. The molecule has 0 bridgehead atoms. The van der Waals surface area contributed by atoms with Crippen LogP contribution in [0.1, 0.15) is 18.4 Å². The molecule has 1 saturated heterocycles. The molecular weight excluding hydrogens is 224 g/mol. The third-order valence-corrected chi connectivity index (χ3v) is 4.31. The fourth-order valence-electron chi connectivity index (χ4n) is 3.11. The van der Waals surface area contributed by atoms with E-state index in [1.54, 1.807) is 0 Å². The first-order valence-electron chi connectivity index (χ1n) is 6.59. The Labute approximate surface area is 108 Å². The molecule has 3 heteroatoms. The Morgan fingerprint density at radius 3 is 2.72 bits per heavy atom. The average molecular weight is 244 g/mol. The number of para-hydroxylation sites is 1. The summed E-state index contributed by atoms with van der Waals surface area (Å²) >= 11 is 0. The second-order valence-electron chi connectivity index (χ2n) is 5.27. The minimum absolute atomic E-state index is 0.0963. The topological polar surface area (TPSA) is 40.2 Å². The van der Waals surface area contributed by atoms with E-state index in [1.165, 1.54) is 16.5 Å². The van der Waals surface area contributed by atoms with Crippen molar-refractivity contribution in [1.29, 1.82) is 0 Å². The minimum Gasteiger partial charge on any atom is -0.381 e. The summed E-state index contributed by atoms with van der Waals surface area (Å²) in [5, 5.41) is 1.34. The molecule has 0 spiro atoms. The lowest BCUT2D eigenvalue weighted by Crippen LogP contribution is -2.40. The molecule has 0 unspecified atom stereocenters. The molecule has 1 aromatic heterocycles. The molecule has 0 radical (unpaired) electrons. The van der Waals surface area contributed by atoms with E-state index in [4.69, 9.17) is 10.5 Å². The number of ether oxygens (including phenoxy) is 1. The predicted octanol–water partition coefficient (Wildman–Crippen LogP) is 2.19. The number of fused-ring (bicyclic) bond motifs is 1. The summed E-state index contributed by atoms with van der Waals surface area (Å²) in [5.41, 5.74) is 8.88. The molecule has 1 fully saturated rings. The van der Waals surface area contributed by atoms with Gasteiger partial charge in [0.1, 0.15) is 0 Å². The summed E-state index contributed by atoms with van der Waals surface area (Å²) in [5.74, 6) is 0. The molecule has 0 atom stereocenters. The number of aromatic nitrogens is 1. The highest BCUT2D eigenvalue weighted by Crippen LogP contribution is 2.38. The highest BCUT2D eigenvalue weighted by Gasteiger charge is 2.35. The third-order valence-electron chi connectivity index (χ3n) is 4.31. The smallest absolute Gasteiger partial charge is 0.0480 e. The van der Waals surface area contributed by atoms with Crippen molar-refractivity contribution < 1.29 is 4.74 Å². The second-order valence-corrected chi connectivity index (χ2v) is 5.27. The maximum Gasteiger partial charge on any atom is 0.0480 e. The predicted molar refractivity (Wildman–Crippen MR) is 73.7 cm³/mol. The fraction of sp³-hybridized carbons (Fsp3) is 0.467. The molecule has 2 N–H and O–H groups in total. The largest absolute Gasteiger partial charge is 0.381 e. The van der Waals surface area contributed by atoms with Crippen LogP contribution in [0.15, 0.2) is 30.5 Å². The molecule has 1 aromatic carbocycles. The van der Waals surface area contributed by atoms with E-state index in [0.717, 1.165) is 26.1 Å². The van der Waals surface area contributed by atoms with Gasteiger partial charge in [-0.2, -0.15) is 0 Å². The number of hydrogen-bond acceptors (Lipinski definition) is 2. The van der Waals surface area contributed by atoms with Gasteiger partial charge >= 0.3 is 0 Å². The lowest BCUT2D eigenvalue weighted by molar-refractivity contribution is 0.0534. The van der Waals surface area contributed by atoms with E-state index in [9.17, 15) is 0 Å². The average Bonchev–Trinajstić information content (AvgIpc) is 2.78. The van der Waals surface area contributed by atoms with Gasteiger partial charge in [-0.05, 0) is 24.5 Å². The maximum absolute atomic E-state index is 6.11. The number of rotatable bonds is 2. The lowest BCUT2D eigenvalue weighted by Gasteiger charge is -2.36. The summed E-state index contributed by atoms with van der Waals surface area (Å²) in [4.78, 5) is 0. The van der Waals surface area contributed by atoms with Gasteiger partial charge in [0.05, 0.1) is 0 Å². The first-order valence-corrected chi connectivity index (χ1v) is 6.59. The number of nitrogens with two attached hydrogens (primary N) is 1. The molecule has 0 aliphatic carbocycles. The molecule has 96 valence electrons. The van der Waals surface area contributed by atoms with E-state index in [0.29, 0.717) is 6.54 Å². The van der Waals surface area contributed by atoms with Crippen LogP contribution in [0, 0.1) is 0 Å². The number of nitrogens with zero attached hydrogens (tertiary/aromatic N) is 1. The van der Waals surface area contributed by atoms with Crippen molar-refractivity contribution in [3.05, 3.63) is 36.0 Å². The highest BCUT2D eigenvalue weighted by molar-refractivity contribution is 5.85. The fourth-order valence-corrected chi connectivity index (χ4v) is 3.11. The normalized spacial score (nSPS) is 19.2. The zero-order chi connectivity index (χ0) is 12.6. The zero-order valence-electron chi connectivity index (χ0n) is 10.9. The van der Waals surface area contributed by atoms with Crippen molar-refractivity contribution in [3.8, 4) is 0 Å². The molecule has 3 rings (SSSR count). The molecule has 1 aliphatic heterocycles. The quantitative estimate of drug-likeness (QED) is 0.879. The molecule has 1 aliphatic rings. The van der Waals surface area contributed by atoms with Gasteiger partial charge in [0.15, 0.2) is 0 Å². The van der Waals surface area contributed by atoms with E-state index in [1.807, 2.05) is 0 Å². The monoisotopic (exact) mass is 244 g/mol. The van der Waals surface area contributed by atoms with Gasteiger partial charge < -0.3 is 15.0 Å². The zero-order valence-corrected chi connectivity index (χ0v) is 10.9. The van der Waals surface area contributed by atoms with E-state index in [-0.39, 0.29) is 5.41 Å². The first kappa shape index (κ1) is 11.8. The van der Waals surface area contributed by atoms with Gasteiger partial charge in [0.25, 0.3) is 0 Å². The Bertz CT molecular complexity index is 553. The van der Waals surface area contributed by atoms with Crippen LogP contribution in [0.5, 0.6) is 0 Å². The number of aryl methyl sites for hydroxylation is 1. The summed E-state index contributed by atoms with van der Waals surface area (Å²) in [6.07, 6.45) is 4.30. The van der Waals surface area contributed by atoms with Crippen LogP contribution in [0.2, 0.25) is 0 Å². The Morgan fingerprint density at radius 1 is 1.28 bits per heavy atom. The summed E-state index contributed by atoms with van der Waals surface area (Å²) in [6, 6.07) is 8.57. The van der Waals surface area contributed by atoms with Crippen molar-refractivity contribution in [2.24, 2.45) is 12.8 Å². The number of hydrogen-bond donors (Lipinski definition) is 1. The van der Waals surface area contributed by atoms with Gasteiger partial charge in [-0.25, -0.2) is 0 Å². The van der Waals surface area contributed by atoms with Gasteiger partial charge in [0.2, 0.25) is 0 Å². The van der Waals surface area contributed by atoms with Crippen molar-refractivity contribution in [3.63, 3.8) is 0 Å². The standard InChI is InChI=1S/C15H20N2O/c1-17-10-13(12-4-2-3-5-14(12)17)15(11-16)6-8-18-9-7-15/h2-5,10H,6-9,11,16H2,1H3. The Morgan fingerprint density at radius 2 is 2.00 bits per heavy atom. The van der Waals surface area contributed by atoms with Crippen molar-refractivity contribution >= 4 is 10.9 Å². The van der Waals surface area contributed by atoms with Crippen LogP contribution in [-0.4, -0.2) is 24.3 Å². The second kappa shape index (κ2) is 4.41. The maximum atomic E-state index is 6.11. The minimum atomic E-state index is 0.0963. The van der Waals surface area contributed by atoms with Crippen LogP contribution in [-0.2, 0) is 17.2 Å². The van der Waals surface area contributed by atoms with Gasteiger partial charge in [-0.15, -0.1) is 0 Å². The van der Waals surface area contributed by atoms with Crippen LogP contribution < -0.4 is 5.73 Å². The molecule has 0 saturated carbocycles. The van der Waals surface area contributed by atoms with Crippen LogP contribution >= 0.6 is 0 Å². The van der Waals surface area contributed by atoms with Gasteiger partial charge in [-0.1, -0.05) is 18.2 Å². The Kier molecular flexibility index (Phi) is 2.88. The Hall–Kier alpha value is -1.32. The van der Waals surface area contributed by atoms with E-state index >= 15 is 0 Å². The van der Waals surface area contributed by atoms with Crippen LogP contribution in [0.3, 0.4) is 0 Å². The van der Waals surface area contributed by atoms with E-state index < -0.39 is 0 Å². The third kappa shape index (κ3) is 1.66. The SMILES string of the molecule is Cn1cc(C2(CN)CCOCC2)c2ccccc21. The Balaban J connectivity index is 2.18. The first-order chi connectivity index (χ1) is 8.77. The molecule has 18 heavy (non-hydrogen) atoms. The van der Waals surface area contributed by atoms with Gasteiger partial charge in [-0.3, -0.25) is 0 Å². The van der Waals surface area contributed by atoms with E-state index in [2.05, 4.69) is 42.1 Å². The van der Waals surface area contributed by atoms with Crippen LogP contribution in [0.25, 0.3) is 10.9 Å². The molecule has 0 amide bonds. The summed E-state index contributed by atoms with van der Waals surface area (Å²) in [7, 11) is 2.11. The molecule has 3 nitrogen and oxygen atoms in total. The molecule has 2 aromatic rings. The number of benzene rings is 1. The summed E-state index contributed by atoms with van der Waals surface area (Å²) in [6.45, 7) is 2.34. The summed E-state index contributed by atoms with van der Waals surface area (Å²) < 4.78 is 7.71. The lowest BCUT2D eigenvalue weighted by atomic mass is 9.74. The molecular formula is C15H20N2O. The van der Waals surface area contributed by atoms with Crippen molar-refractivity contribution in [2.45, 2.75) is 18.3 Å². The van der Waals surface area contributed by atoms with Gasteiger partial charge in [0, 0.05) is 49.3 Å². The molecule has 2 heterocycles. The van der Waals surface area contributed by atoms with Crippen LogP contribution in [0.4, 0.5) is 0 Å². The van der Waals surface area contributed by atoms with Crippen molar-refractivity contribution in [1.82, 2.24) is 4.57 Å².